The number of fused-ring (bicyclic) bond motifs is 1. The summed E-state index contributed by atoms with van der Waals surface area (Å²) in [4.78, 5) is 14.8. The molecule has 2 aliphatic rings. The zero-order chi connectivity index (χ0) is 14.7. The number of benzene rings is 1. The average molecular weight is 288 g/mol. The van der Waals surface area contributed by atoms with E-state index in [2.05, 4.69) is 17.4 Å². The molecule has 114 valence electrons. The highest BCUT2D eigenvalue weighted by Crippen LogP contribution is 2.27. The molecule has 1 aromatic rings. The van der Waals surface area contributed by atoms with Crippen molar-refractivity contribution in [2.45, 2.75) is 50.7 Å². The molecule has 1 amide bonds. The summed E-state index contributed by atoms with van der Waals surface area (Å²) in [6, 6.07) is 8.62. The third kappa shape index (κ3) is 3.11. The average Bonchev–Trinajstić information content (AvgIpc) is 2.48. The Balaban J connectivity index is 1.68. The summed E-state index contributed by atoms with van der Waals surface area (Å²) in [5, 5.41) is 12.4. The smallest absolute Gasteiger partial charge is 0.240 e. The van der Waals surface area contributed by atoms with Gasteiger partial charge in [-0.25, -0.2) is 0 Å². The van der Waals surface area contributed by atoms with Gasteiger partial charge in [-0.3, -0.25) is 4.79 Å². The minimum absolute atomic E-state index is 0.112. The fourth-order valence-electron chi connectivity index (χ4n) is 3.24. The van der Waals surface area contributed by atoms with E-state index in [1.807, 2.05) is 17.0 Å². The van der Waals surface area contributed by atoms with E-state index in [-0.39, 0.29) is 18.6 Å². The number of carbonyl (C=O) groups excluding carboxylic acids is 1. The first-order chi connectivity index (χ1) is 10.3. The van der Waals surface area contributed by atoms with Crippen LogP contribution in [0.2, 0.25) is 0 Å². The molecule has 2 N–H and O–H groups in total. The summed E-state index contributed by atoms with van der Waals surface area (Å²) >= 11 is 0. The van der Waals surface area contributed by atoms with E-state index in [0.717, 1.165) is 25.8 Å². The summed E-state index contributed by atoms with van der Waals surface area (Å²) in [5.74, 6) is 0.211. The van der Waals surface area contributed by atoms with Crippen molar-refractivity contribution in [3.63, 3.8) is 0 Å². The predicted molar refractivity (Wildman–Crippen MR) is 81.8 cm³/mol. The lowest BCUT2D eigenvalue weighted by atomic mass is 9.89. The van der Waals surface area contributed by atoms with Gasteiger partial charge in [-0.2, -0.15) is 0 Å². The van der Waals surface area contributed by atoms with E-state index in [0.29, 0.717) is 19.0 Å². The van der Waals surface area contributed by atoms with Crippen molar-refractivity contribution in [1.29, 1.82) is 0 Å². The second-order valence-corrected chi connectivity index (χ2v) is 6.10. The number of carbonyl (C=O) groups is 1. The number of nitrogens with one attached hydrogen (secondary N) is 1. The summed E-state index contributed by atoms with van der Waals surface area (Å²) in [5.41, 5.74) is 2.58. The van der Waals surface area contributed by atoms with Crippen LogP contribution in [0, 0.1) is 0 Å². The molecule has 0 aromatic heterocycles. The maximum absolute atomic E-state index is 12.8. The van der Waals surface area contributed by atoms with Gasteiger partial charge in [0, 0.05) is 25.7 Å². The van der Waals surface area contributed by atoms with Gasteiger partial charge in [0.15, 0.2) is 0 Å². The minimum Gasteiger partial charge on any atom is -0.396 e. The number of amides is 1. The number of rotatable bonds is 5. The van der Waals surface area contributed by atoms with Crippen LogP contribution in [0.1, 0.15) is 36.8 Å². The first kappa shape index (κ1) is 14.5. The van der Waals surface area contributed by atoms with Gasteiger partial charge < -0.3 is 15.3 Å². The van der Waals surface area contributed by atoms with Crippen LogP contribution < -0.4 is 5.32 Å². The molecule has 4 heteroatoms. The summed E-state index contributed by atoms with van der Waals surface area (Å²) in [6.07, 6.45) is 4.89. The van der Waals surface area contributed by atoms with Gasteiger partial charge in [-0.15, -0.1) is 0 Å². The normalized spacial score (nSPS) is 21.5. The van der Waals surface area contributed by atoms with Crippen molar-refractivity contribution in [1.82, 2.24) is 10.2 Å². The Hall–Kier alpha value is -1.39. The van der Waals surface area contributed by atoms with Crippen molar-refractivity contribution in [2.24, 2.45) is 0 Å². The van der Waals surface area contributed by atoms with Crippen LogP contribution in [0.25, 0.3) is 0 Å². The highest BCUT2D eigenvalue weighted by Gasteiger charge is 2.33. The van der Waals surface area contributed by atoms with Crippen LogP contribution in [0.3, 0.4) is 0 Å². The van der Waals surface area contributed by atoms with Gasteiger partial charge in [-0.05, 0) is 43.2 Å². The quantitative estimate of drug-likeness (QED) is 0.862. The maximum atomic E-state index is 12.8. The minimum atomic E-state index is -0.112. The van der Waals surface area contributed by atoms with E-state index in [4.69, 9.17) is 5.11 Å². The zero-order valence-corrected chi connectivity index (χ0v) is 12.4. The molecule has 4 nitrogen and oxygen atoms in total. The van der Waals surface area contributed by atoms with Gasteiger partial charge in [0.1, 0.15) is 0 Å². The van der Waals surface area contributed by atoms with Crippen LogP contribution in [0.5, 0.6) is 0 Å². The van der Waals surface area contributed by atoms with Crippen molar-refractivity contribution in [2.75, 3.05) is 13.2 Å². The first-order valence-electron chi connectivity index (χ1n) is 8.01. The molecular formula is C17H24N2O2. The fraction of sp³-hybridized carbons (Fsp3) is 0.588. The number of aliphatic hydroxyl groups excluding tert-OH is 1. The monoisotopic (exact) mass is 288 g/mol. The van der Waals surface area contributed by atoms with Crippen LogP contribution >= 0.6 is 0 Å². The summed E-state index contributed by atoms with van der Waals surface area (Å²) in [6.45, 7) is 1.60. The van der Waals surface area contributed by atoms with Crippen molar-refractivity contribution in [3.8, 4) is 0 Å². The van der Waals surface area contributed by atoms with E-state index in [9.17, 15) is 4.79 Å². The molecule has 1 aliphatic heterocycles. The Bertz CT molecular complexity index is 499. The second-order valence-electron chi connectivity index (χ2n) is 6.10. The van der Waals surface area contributed by atoms with Crippen LogP contribution in [0.4, 0.5) is 0 Å². The van der Waals surface area contributed by atoms with Crippen molar-refractivity contribution in [3.05, 3.63) is 35.4 Å². The molecule has 1 fully saturated rings. The molecular weight excluding hydrogens is 264 g/mol. The Labute approximate surface area is 126 Å². The Kier molecular flexibility index (Phi) is 4.56. The summed E-state index contributed by atoms with van der Waals surface area (Å²) < 4.78 is 0. The van der Waals surface area contributed by atoms with Crippen molar-refractivity contribution < 1.29 is 9.90 Å². The molecule has 1 unspecified atom stereocenters. The van der Waals surface area contributed by atoms with Crippen LogP contribution in [-0.2, 0) is 17.8 Å². The van der Waals surface area contributed by atoms with Crippen LogP contribution in [-0.4, -0.2) is 41.1 Å². The first-order valence-corrected chi connectivity index (χ1v) is 8.01. The Morgan fingerprint density at radius 2 is 2.05 bits per heavy atom. The Morgan fingerprint density at radius 3 is 2.71 bits per heavy atom. The van der Waals surface area contributed by atoms with E-state index in [1.165, 1.54) is 17.5 Å². The fourth-order valence-corrected chi connectivity index (χ4v) is 3.24. The molecule has 1 saturated carbocycles. The van der Waals surface area contributed by atoms with Gasteiger partial charge in [0.05, 0.1) is 6.04 Å². The molecule has 0 bridgehead atoms. The van der Waals surface area contributed by atoms with Gasteiger partial charge >= 0.3 is 0 Å². The molecule has 1 aliphatic carbocycles. The third-order valence-electron chi connectivity index (χ3n) is 4.74. The molecule has 21 heavy (non-hydrogen) atoms. The van der Waals surface area contributed by atoms with E-state index in [1.54, 1.807) is 0 Å². The number of hydrogen-bond donors (Lipinski definition) is 2. The Morgan fingerprint density at radius 1 is 1.29 bits per heavy atom. The molecule has 1 atom stereocenters. The van der Waals surface area contributed by atoms with E-state index >= 15 is 0 Å². The van der Waals surface area contributed by atoms with Gasteiger partial charge in [0.2, 0.25) is 5.91 Å². The molecule has 0 radical (unpaired) electrons. The zero-order valence-electron chi connectivity index (χ0n) is 12.4. The topological polar surface area (TPSA) is 52.6 Å². The lowest BCUT2D eigenvalue weighted by Gasteiger charge is -2.40. The molecule has 0 saturated heterocycles. The number of nitrogens with zero attached hydrogens (tertiary/aromatic N) is 1. The second kappa shape index (κ2) is 6.58. The molecule has 3 rings (SSSR count). The predicted octanol–water partition coefficient (Wildman–Crippen LogP) is 1.46. The highest BCUT2D eigenvalue weighted by atomic mass is 16.3. The lowest BCUT2D eigenvalue weighted by molar-refractivity contribution is -0.138. The molecule has 1 heterocycles. The largest absolute Gasteiger partial charge is 0.396 e. The summed E-state index contributed by atoms with van der Waals surface area (Å²) in [7, 11) is 0. The number of hydrogen-bond acceptors (Lipinski definition) is 3. The standard InChI is InChI=1S/C17H24N2O2/c20-10-4-9-19(15-7-3-8-15)17(21)16-11-13-5-1-2-6-14(13)12-18-16/h1-2,5-6,15-16,18,20H,3-4,7-12H2. The number of aliphatic hydroxyl groups is 1. The maximum Gasteiger partial charge on any atom is 0.240 e. The van der Waals surface area contributed by atoms with Crippen LogP contribution in [0.15, 0.2) is 24.3 Å². The van der Waals surface area contributed by atoms with E-state index < -0.39 is 0 Å². The highest BCUT2D eigenvalue weighted by molar-refractivity contribution is 5.83. The molecule has 0 spiro atoms. The van der Waals surface area contributed by atoms with Crippen molar-refractivity contribution >= 4 is 5.91 Å². The third-order valence-corrected chi connectivity index (χ3v) is 4.74. The lowest BCUT2D eigenvalue weighted by Crippen LogP contribution is -2.54. The van der Waals surface area contributed by atoms with Gasteiger partial charge in [-0.1, -0.05) is 24.3 Å². The van der Waals surface area contributed by atoms with Gasteiger partial charge in [0.25, 0.3) is 0 Å². The SMILES string of the molecule is O=C(C1Cc2ccccc2CN1)N(CCCO)C1CCC1. The molecule has 1 aromatic carbocycles.